The van der Waals surface area contributed by atoms with Gasteiger partial charge in [-0.15, -0.1) is 0 Å². The SMILES string of the molecule is CCOC(=O)C(C)c1ccc([N+](=O)[O-])cc1OC(C)C. The highest BCUT2D eigenvalue weighted by Gasteiger charge is 2.23. The lowest BCUT2D eigenvalue weighted by atomic mass is 9.99. The molecule has 1 aromatic carbocycles. The van der Waals surface area contributed by atoms with Crippen molar-refractivity contribution in [2.75, 3.05) is 6.61 Å². The number of nitrogens with zero attached hydrogens (tertiary/aromatic N) is 1. The Hall–Kier alpha value is -2.11. The fourth-order valence-corrected chi connectivity index (χ4v) is 1.74. The second-order valence-electron chi connectivity index (χ2n) is 4.62. The highest BCUT2D eigenvalue weighted by atomic mass is 16.6. The largest absolute Gasteiger partial charge is 0.490 e. The molecule has 0 heterocycles. The standard InChI is InChI=1S/C14H19NO5/c1-5-19-14(16)10(4)12-7-6-11(15(17)18)8-13(12)20-9(2)3/h6-10H,5H2,1-4H3. The van der Waals surface area contributed by atoms with Crippen LogP contribution in [-0.4, -0.2) is 23.6 Å². The number of nitro benzene ring substituents is 1. The van der Waals surface area contributed by atoms with Crippen molar-refractivity contribution in [1.29, 1.82) is 0 Å². The molecule has 6 nitrogen and oxygen atoms in total. The van der Waals surface area contributed by atoms with Gasteiger partial charge in [-0.1, -0.05) is 0 Å². The van der Waals surface area contributed by atoms with E-state index in [0.717, 1.165) is 0 Å². The zero-order valence-electron chi connectivity index (χ0n) is 12.1. The van der Waals surface area contributed by atoms with Gasteiger partial charge in [0.25, 0.3) is 5.69 Å². The molecule has 0 aliphatic heterocycles. The van der Waals surface area contributed by atoms with E-state index in [9.17, 15) is 14.9 Å². The topological polar surface area (TPSA) is 78.7 Å². The highest BCUT2D eigenvalue weighted by molar-refractivity contribution is 5.79. The Balaban J connectivity index is 3.16. The fourth-order valence-electron chi connectivity index (χ4n) is 1.74. The number of rotatable bonds is 6. The summed E-state index contributed by atoms with van der Waals surface area (Å²) in [6.45, 7) is 7.34. The summed E-state index contributed by atoms with van der Waals surface area (Å²) in [4.78, 5) is 22.1. The molecule has 0 aliphatic rings. The first-order valence-electron chi connectivity index (χ1n) is 6.48. The minimum Gasteiger partial charge on any atom is -0.490 e. The van der Waals surface area contributed by atoms with E-state index in [1.807, 2.05) is 13.8 Å². The highest BCUT2D eigenvalue weighted by Crippen LogP contribution is 2.32. The quantitative estimate of drug-likeness (QED) is 0.455. The number of carbonyl (C=O) groups excluding carboxylic acids is 1. The first-order chi connectivity index (χ1) is 9.36. The van der Waals surface area contributed by atoms with Crippen molar-refractivity contribution in [3.63, 3.8) is 0 Å². The van der Waals surface area contributed by atoms with Crippen molar-refractivity contribution < 1.29 is 19.2 Å². The summed E-state index contributed by atoms with van der Waals surface area (Å²) in [5, 5.41) is 10.8. The fraction of sp³-hybridized carbons (Fsp3) is 0.500. The van der Waals surface area contributed by atoms with Crippen LogP contribution in [-0.2, 0) is 9.53 Å². The van der Waals surface area contributed by atoms with Crippen molar-refractivity contribution in [3.05, 3.63) is 33.9 Å². The Labute approximate surface area is 117 Å². The summed E-state index contributed by atoms with van der Waals surface area (Å²) >= 11 is 0. The molecule has 0 aromatic heterocycles. The lowest BCUT2D eigenvalue weighted by molar-refractivity contribution is -0.385. The van der Waals surface area contributed by atoms with Crippen LogP contribution in [0.2, 0.25) is 0 Å². The van der Waals surface area contributed by atoms with Crippen molar-refractivity contribution in [2.45, 2.75) is 39.7 Å². The van der Waals surface area contributed by atoms with Gasteiger partial charge >= 0.3 is 5.97 Å². The van der Waals surface area contributed by atoms with Gasteiger partial charge in [-0.3, -0.25) is 14.9 Å². The van der Waals surface area contributed by atoms with E-state index in [1.54, 1.807) is 13.8 Å². The van der Waals surface area contributed by atoms with Gasteiger partial charge in [0.15, 0.2) is 0 Å². The molecule has 0 aliphatic carbocycles. The van der Waals surface area contributed by atoms with Gasteiger partial charge < -0.3 is 9.47 Å². The van der Waals surface area contributed by atoms with E-state index in [4.69, 9.17) is 9.47 Å². The summed E-state index contributed by atoms with van der Waals surface area (Å²) in [5.74, 6) is -0.575. The molecule has 1 atom stereocenters. The molecule has 1 rings (SSSR count). The molecule has 0 amide bonds. The Bertz CT molecular complexity index is 498. The van der Waals surface area contributed by atoms with Gasteiger partial charge in [-0.25, -0.2) is 0 Å². The van der Waals surface area contributed by atoms with Crippen LogP contribution in [0.1, 0.15) is 39.2 Å². The van der Waals surface area contributed by atoms with Gasteiger partial charge in [-0.05, 0) is 33.8 Å². The van der Waals surface area contributed by atoms with Crippen molar-refractivity contribution in [2.24, 2.45) is 0 Å². The minimum absolute atomic E-state index is 0.0690. The van der Waals surface area contributed by atoms with Crippen LogP contribution >= 0.6 is 0 Å². The zero-order chi connectivity index (χ0) is 15.3. The molecule has 0 radical (unpaired) electrons. The molecule has 0 spiro atoms. The second-order valence-corrected chi connectivity index (χ2v) is 4.62. The van der Waals surface area contributed by atoms with E-state index in [0.29, 0.717) is 11.3 Å². The Morgan fingerprint density at radius 2 is 2.00 bits per heavy atom. The first-order valence-corrected chi connectivity index (χ1v) is 6.48. The lowest BCUT2D eigenvalue weighted by Crippen LogP contribution is -2.16. The normalized spacial score (nSPS) is 12.1. The number of esters is 1. The van der Waals surface area contributed by atoms with Crippen LogP contribution in [0.5, 0.6) is 5.75 Å². The monoisotopic (exact) mass is 281 g/mol. The van der Waals surface area contributed by atoms with Gasteiger partial charge in [0.2, 0.25) is 0 Å². The Kier molecular flexibility index (Phi) is 5.49. The zero-order valence-corrected chi connectivity index (χ0v) is 12.1. The molecular weight excluding hydrogens is 262 g/mol. The molecule has 20 heavy (non-hydrogen) atoms. The van der Waals surface area contributed by atoms with E-state index in [1.165, 1.54) is 18.2 Å². The van der Waals surface area contributed by atoms with Crippen LogP contribution in [0.25, 0.3) is 0 Å². The third kappa shape index (κ3) is 3.94. The molecule has 0 bridgehead atoms. The maximum Gasteiger partial charge on any atom is 0.313 e. The Morgan fingerprint density at radius 3 is 2.50 bits per heavy atom. The summed E-state index contributed by atoms with van der Waals surface area (Å²) in [7, 11) is 0. The molecule has 0 saturated heterocycles. The summed E-state index contributed by atoms with van der Waals surface area (Å²) < 4.78 is 10.5. The summed E-state index contributed by atoms with van der Waals surface area (Å²) in [5.41, 5.74) is 0.517. The summed E-state index contributed by atoms with van der Waals surface area (Å²) in [6.07, 6.45) is -0.148. The number of hydrogen-bond acceptors (Lipinski definition) is 5. The molecule has 0 N–H and O–H groups in total. The van der Waals surface area contributed by atoms with Crippen molar-refractivity contribution in [1.82, 2.24) is 0 Å². The van der Waals surface area contributed by atoms with Crippen LogP contribution < -0.4 is 4.74 Å². The van der Waals surface area contributed by atoms with E-state index >= 15 is 0 Å². The van der Waals surface area contributed by atoms with Gasteiger partial charge in [0.1, 0.15) is 5.75 Å². The van der Waals surface area contributed by atoms with Crippen LogP contribution in [0.4, 0.5) is 5.69 Å². The number of non-ortho nitro benzene ring substituents is 1. The molecular formula is C14H19NO5. The molecule has 0 saturated carbocycles. The van der Waals surface area contributed by atoms with E-state index < -0.39 is 10.8 Å². The number of benzene rings is 1. The van der Waals surface area contributed by atoms with Gasteiger partial charge in [0.05, 0.1) is 29.6 Å². The average Bonchev–Trinajstić information content (AvgIpc) is 2.37. The second kappa shape index (κ2) is 6.88. The minimum atomic E-state index is -0.537. The molecule has 0 fully saturated rings. The van der Waals surface area contributed by atoms with Crippen LogP contribution in [0, 0.1) is 10.1 Å². The van der Waals surface area contributed by atoms with Crippen LogP contribution in [0.3, 0.4) is 0 Å². The van der Waals surface area contributed by atoms with E-state index in [-0.39, 0.29) is 24.4 Å². The predicted octanol–water partition coefficient (Wildman–Crippen LogP) is 3.05. The summed E-state index contributed by atoms with van der Waals surface area (Å²) in [6, 6.07) is 4.24. The molecule has 1 aromatic rings. The number of carbonyl (C=O) groups is 1. The third-order valence-electron chi connectivity index (χ3n) is 2.68. The third-order valence-corrected chi connectivity index (χ3v) is 2.68. The van der Waals surface area contributed by atoms with E-state index in [2.05, 4.69) is 0 Å². The predicted molar refractivity (Wildman–Crippen MR) is 73.9 cm³/mol. The van der Waals surface area contributed by atoms with Crippen molar-refractivity contribution >= 4 is 11.7 Å². The maximum absolute atomic E-state index is 11.8. The molecule has 1 unspecified atom stereocenters. The Morgan fingerprint density at radius 1 is 1.35 bits per heavy atom. The average molecular weight is 281 g/mol. The number of nitro groups is 1. The number of hydrogen-bond donors (Lipinski definition) is 0. The maximum atomic E-state index is 11.8. The smallest absolute Gasteiger partial charge is 0.313 e. The molecule has 6 heteroatoms. The lowest BCUT2D eigenvalue weighted by Gasteiger charge is -2.17. The first kappa shape index (κ1) is 15.9. The van der Waals surface area contributed by atoms with Gasteiger partial charge in [0, 0.05) is 11.6 Å². The van der Waals surface area contributed by atoms with Crippen molar-refractivity contribution in [3.8, 4) is 5.75 Å². The van der Waals surface area contributed by atoms with Gasteiger partial charge in [-0.2, -0.15) is 0 Å². The van der Waals surface area contributed by atoms with Crippen LogP contribution in [0.15, 0.2) is 18.2 Å². The number of ether oxygens (including phenoxy) is 2. The molecule has 110 valence electrons.